The quantitative estimate of drug-likeness (QED) is 0.0457. The lowest BCUT2D eigenvalue weighted by Crippen LogP contribution is -2.08. The Morgan fingerprint density at radius 3 is 0.815 bits per heavy atom. The van der Waals surface area contributed by atoms with E-state index in [4.69, 9.17) is 9.47 Å². The van der Waals surface area contributed by atoms with E-state index in [-0.39, 0.29) is 0 Å². The molecule has 2 rings (SSSR count). The second-order valence-corrected chi connectivity index (χ2v) is 20.3. The Labute approximate surface area is 350 Å². The third-order valence-electron chi connectivity index (χ3n) is 10.8. The zero-order chi connectivity index (χ0) is 38.9. The van der Waals surface area contributed by atoms with Crippen molar-refractivity contribution in [3.8, 4) is 0 Å². The molecular weight excluding hydrogens is 745 g/mol. The number of methoxy groups -OCH3 is 2. The van der Waals surface area contributed by atoms with Gasteiger partial charge in [0.1, 0.15) is 9.81 Å². The van der Waals surface area contributed by atoms with Crippen LogP contribution in [0.1, 0.15) is 232 Å². The van der Waals surface area contributed by atoms with Crippen molar-refractivity contribution in [1.82, 2.24) is 0 Å². The molecule has 0 aromatic heterocycles. The minimum atomic E-state index is -0.466. The minimum absolute atomic E-state index is 0.351. The normalized spacial score (nSPS) is 14.6. The van der Waals surface area contributed by atoms with Crippen molar-refractivity contribution in [2.45, 2.75) is 232 Å². The van der Waals surface area contributed by atoms with Crippen LogP contribution in [0.5, 0.6) is 0 Å². The van der Waals surface area contributed by atoms with Gasteiger partial charge in [-0.05, 0) is 25.7 Å². The lowest BCUT2D eigenvalue weighted by molar-refractivity contribution is -0.138. The standard InChI is InChI=1S/C46H80O4S4/c1-5-7-9-11-13-15-17-19-21-23-25-27-29-31-33-35-37-39-40(38-36-34-32-30-28-26-24-22-20-18-16-14-12-10-8-6-2)52-45(51-39)46-53-41(43(47)49-3)42(54-46)44(48)50-4/h5-38H2,1-4H3. The first kappa shape index (κ1) is 49.7. The molecule has 0 aromatic rings. The van der Waals surface area contributed by atoms with Crippen molar-refractivity contribution in [2.75, 3.05) is 14.2 Å². The summed E-state index contributed by atoms with van der Waals surface area (Å²) >= 11 is 6.52. The molecule has 0 amide bonds. The SMILES string of the molecule is CCCCCCCCCCCCCCCCCCC1=C(CCCCCCCCCCCCCCCCCC)SC(=C2SC(C(=O)OC)=C(C(=O)OC)S2)S1. The van der Waals surface area contributed by atoms with Crippen molar-refractivity contribution in [2.24, 2.45) is 0 Å². The molecule has 312 valence electrons. The summed E-state index contributed by atoms with van der Waals surface area (Å²) in [6.45, 7) is 4.59. The van der Waals surface area contributed by atoms with Gasteiger partial charge in [0.05, 0.1) is 22.7 Å². The van der Waals surface area contributed by atoms with Crippen LogP contribution in [0.4, 0.5) is 0 Å². The highest BCUT2D eigenvalue weighted by molar-refractivity contribution is 8.34. The van der Waals surface area contributed by atoms with Gasteiger partial charge in [-0.1, -0.05) is 254 Å². The molecule has 0 bridgehead atoms. The molecule has 0 spiro atoms. The predicted molar refractivity (Wildman–Crippen MR) is 244 cm³/mol. The number of rotatable bonds is 36. The molecule has 4 nitrogen and oxygen atoms in total. The van der Waals surface area contributed by atoms with Crippen molar-refractivity contribution in [1.29, 1.82) is 0 Å². The van der Waals surface area contributed by atoms with Gasteiger partial charge in [0.25, 0.3) is 0 Å². The van der Waals surface area contributed by atoms with Crippen LogP contribution >= 0.6 is 47.0 Å². The molecule has 2 heterocycles. The highest BCUT2D eigenvalue weighted by Crippen LogP contribution is 2.61. The first-order chi connectivity index (χ1) is 26.5. The van der Waals surface area contributed by atoms with Gasteiger partial charge in [0.2, 0.25) is 0 Å². The molecule has 0 fully saturated rings. The molecular formula is C46H80O4S4. The van der Waals surface area contributed by atoms with E-state index in [1.165, 1.54) is 257 Å². The summed E-state index contributed by atoms with van der Waals surface area (Å²) < 4.78 is 12.2. The smallest absolute Gasteiger partial charge is 0.346 e. The highest BCUT2D eigenvalue weighted by Gasteiger charge is 2.36. The number of allylic oxidation sites excluding steroid dienone is 2. The van der Waals surface area contributed by atoms with Gasteiger partial charge < -0.3 is 9.47 Å². The van der Waals surface area contributed by atoms with E-state index in [1.54, 1.807) is 0 Å². The van der Waals surface area contributed by atoms with Crippen molar-refractivity contribution >= 4 is 59.0 Å². The van der Waals surface area contributed by atoms with Crippen LogP contribution in [-0.2, 0) is 19.1 Å². The first-order valence-electron chi connectivity index (χ1n) is 22.6. The summed E-state index contributed by atoms with van der Waals surface area (Å²) in [5.41, 5.74) is 0. The van der Waals surface area contributed by atoms with Crippen molar-refractivity contribution in [3.05, 3.63) is 28.1 Å². The second kappa shape index (κ2) is 34.6. The second-order valence-electron chi connectivity index (χ2n) is 15.6. The van der Waals surface area contributed by atoms with Gasteiger partial charge in [-0.3, -0.25) is 0 Å². The van der Waals surface area contributed by atoms with Crippen molar-refractivity contribution in [3.63, 3.8) is 0 Å². The molecule has 0 aromatic carbocycles. The van der Waals surface area contributed by atoms with Gasteiger partial charge in [-0.25, -0.2) is 9.59 Å². The van der Waals surface area contributed by atoms with E-state index >= 15 is 0 Å². The average molecular weight is 825 g/mol. The summed E-state index contributed by atoms with van der Waals surface area (Å²) in [5, 5.41) is 0. The summed E-state index contributed by atoms with van der Waals surface area (Å²) in [6.07, 6.45) is 46.8. The largest absolute Gasteiger partial charge is 0.465 e. The molecule has 0 saturated heterocycles. The number of carbonyl (C=O) groups excluding carboxylic acids is 2. The average Bonchev–Trinajstić information content (AvgIpc) is 3.82. The predicted octanol–water partition coefficient (Wildman–Crippen LogP) is 17.1. The van der Waals surface area contributed by atoms with Crippen LogP contribution in [0.3, 0.4) is 0 Å². The monoisotopic (exact) mass is 824 g/mol. The number of esters is 2. The molecule has 0 saturated carbocycles. The maximum absolute atomic E-state index is 12.5. The summed E-state index contributed by atoms with van der Waals surface area (Å²) in [7, 11) is 2.74. The van der Waals surface area contributed by atoms with Crippen LogP contribution in [0.25, 0.3) is 0 Å². The Bertz CT molecular complexity index is 1020. The number of hydrogen-bond acceptors (Lipinski definition) is 8. The minimum Gasteiger partial charge on any atom is -0.465 e. The lowest BCUT2D eigenvalue weighted by atomic mass is 10.0. The molecule has 2 aliphatic heterocycles. The maximum atomic E-state index is 12.5. The maximum Gasteiger partial charge on any atom is 0.346 e. The Kier molecular flexibility index (Phi) is 31.8. The van der Waals surface area contributed by atoms with Gasteiger partial charge in [-0.15, -0.1) is 0 Å². The third-order valence-corrected chi connectivity index (χ3v) is 16.6. The van der Waals surface area contributed by atoms with Crippen LogP contribution in [-0.4, -0.2) is 26.2 Å². The number of ether oxygens (including phenoxy) is 2. The first-order valence-corrected chi connectivity index (χ1v) is 25.9. The van der Waals surface area contributed by atoms with E-state index < -0.39 is 11.9 Å². The molecule has 8 heteroatoms. The van der Waals surface area contributed by atoms with Crippen LogP contribution in [0.2, 0.25) is 0 Å². The van der Waals surface area contributed by atoms with Gasteiger partial charge >= 0.3 is 11.9 Å². The highest BCUT2D eigenvalue weighted by atomic mass is 32.2. The Morgan fingerprint density at radius 2 is 0.574 bits per heavy atom. The van der Waals surface area contributed by atoms with E-state index in [2.05, 4.69) is 13.8 Å². The van der Waals surface area contributed by atoms with E-state index in [1.807, 2.05) is 23.5 Å². The molecule has 0 radical (unpaired) electrons. The molecule has 0 N–H and O–H groups in total. The zero-order valence-electron chi connectivity index (χ0n) is 35.3. The summed E-state index contributed by atoms with van der Waals surface area (Å²) in [6, 6.07) is 0. The lowest BCUT2D eigenvalue weighted by Gasteiger charge is -2.07. The Hall–Kier alpha value is -0.440. The topological polar surface area (TPSA) is 52.6 Å². The number of unbranched alkanes of at least 4 members (excludes halogenated alkanes) is 30. The zero-order valence-corrected chi connectivity index (χ0v) is 38.6. The fraction of sp³-hybridized carbons (Fsp3) is 0.826. The molecule has 0 aliphatic carbocycles. The molecule has 0 atom stereocenters. The molecule has 0 unspecified atom stereocenters. The number of carbonyl (C=O) groups is 2. The van der Waals surface area contributed by atoms with Gasteiger partial charge in [0.15, 0.2) is 0 Å². The van der Waals surface area contributed by atoms with Crippen LogP contribution in [0, 0.1) is 0 Å². The van der Waals surface area contributed by atoms with E-state index in [0.29, 0.717) is 9.81 Å². The Balaban J connectivity index is 1.70. The van der Waals surface area contributed by atoms with Gasteiger partial charge in [0, 0.05) is 9.81 Å². The molecule has 54 heavy (non-hydrogen) atoms. The summed E-state index contributed by atoms with van der Waals surface area (Å²) in [4.78, 5) is 28.8. The number of hydrogen-bond donors (Lipinski definition) is 0. The Morgan fingerprint density at radius 1 is 0.352 bits per heavy atom. The fourth-order valence-electron chi connectivity index (χ4n) is 7.33. The fourth-order valence-corrected chi connectivity index (χ4v) is 13.0. The third kappa shape index (κ3) is 23.1. The van der Waals surface area contributed by atoms with Crippen LogP contribution in [0.15, 0.2) is 28.1 Å². The number of thioether (sulfide) groups is 4. The summed E-state index contributed by atoms with van der Waals surface area (Å²) in [5.74, 6) is -0.933. The van der Waals surface area contributed by atoms with Crippen LogP contribution < -0.4 is 0 Å². The van der Waals surface area contributed by atoms with E-state index in [9.17, 15) is 9.59 Å². The van der Waals surface area contributed by atoms with Gasteiger partial charge in [-0.2, -0.15) is 0 Å². The van der Waals surface area contributed by atoms with E-state index in [0.717, 1.165) is 17.1 Å². The molecule has 2 aliphatic rings. The van der Waals surface area contributed by atoms with Crippen molar-refractivity contribution < 1.29 is 19.1 Å².